The van der Waals surface area contributed by atoms with Gasteiger partial charge in [-0.15, -0.1) is 0 Å². The summed E-state index contributed by atoms with van der Waals surface area (Å²) in [5.41, 5.74) is 9.97. The van der Waals surface area contributed by atoms with E-state index in [2.05, 4.69) is 0 Å². The average molecular weight is 227 g/mol. The van der Waals surface area contributed by atoms with E-state index in [4.69, 9.17) is 5.73 Å². The van der Waals surface area contributed by atoms with Gasteiger partial charge in [-0.1, -0.05) is 48.0 Å². The van der Waals surface area contributed by atoms with Crippen LogP contribution in [0.2, 0.25) is 0 Å². The van der Waals surface area contributed by atoms with Gasteiger partial charge in [-0.2, -0.15) is 0 Å². The van der Waals surface area contributed by atoms with Gasteiger partial charge in [-0.25, -0.2) is 0 Å². The standard InChI is InChI=1S/C15H17NO/c1-10-8-11(2)15(17)13(9-10)14(16)12-6-4-3-5-7-12/h3-9,14,17H,16H2,1-2H3/t14-/m1/s1. The van der Waals surface area contributed by atoms with Crippen LogP contribution in [-0.2, 0) is 0 Å². The quantitative estimate of drug-likeness (QED) is 0.828. The van der Waals surface area contributed by atoms with Crippen molar-refractivity contribution in [2.24, 2.45) is 5.73 Å². The van der Waals surface area contributed by atoms with Crippen LogP contribution in [0.4, 0.5) is 0 Å². The smallest absolute Gasteiger partial charge is 0.123 e. The molecule has 0 aromatic heterocycles. The second-order valence-electron chi connectivity index (χ2n) is 4.41. The van der Waals surface area contributed by atoms with Crippen molar-refractivity contribution in [3.63, 3.8) is 0 Å². The van der Waals surface area contributed by atoms with E-state index in [0.717, 1.165) is 22.3 Å². The molecule has 0 bridgehead atoms. The molecule has 88 valence electrons. The van der Waals surface area contributed by atoms with Crippen LogP contribution in [0.3, 0.4) is 0 Å². The number of phenols is 1. The largest absolute Gasteiger partial charge is 0.507 e. The summed E-state index contributed by atoms with van der Waals surface area (Å²) >= 11 is 0. The third-order valence-corrected chi connectivity index (χ3v) is 2.97. The fraction of sp³-hybridized carbons (Fsp3) is 0.200. The Hall–Kier alpha value is -1.80. The van der Waals surface area contributed by atoms with Gasteiger partial charge < -0.3 is 10.8 Å². The molecule has 0 saturated carbocycles. The minimum absolute atomic E-state index is 0.283. The molecule has 1 atom stereocenters. The van der Waals surface area contributed by atoms with Gasteiger partial charge in [-0.3, -0.25) is 0 Å². The molecule has 0 aliphatic carbocycles. The summed E-state index contributed by atoms with van der Waals surface area (Å²) < 4.78 is 0. The van der Waals surface area contributed by atoms with Crippen molar-refractivity contribution >= 4 is 0 Å². The molecular weight excluding hydrogens is 210 g/mol. The second-order valence-corrected chi connectivity index (χ2v) is 4.41. The summed E-state index contributed by atoms with van der Waals surface area (Å²) in [5, 5.41) is 10.1. The first-order valence-electron chi connectivity index (χ1n) is 5.70. The summed E-state index contributed by atoms with van der Waals surface area (Å²) in [5.74, 6) is 0.298. The van der Waals surface area contributed by atoms with E-state index in [1.165, 1.54) is 0 Å². The van der Waals surface area contributed by atoms with E-state index >= 15 is 0 Å². The van der Waals surface area contributed by atoms with Crippen LogP contribution >= 0.6 is 0 Å². The van der Waals surface area contributed by atoms with E-state index in [9.17, 15) is 5.11 Å². The second kappa shape index (κ2) is 4.60. The van der Waals surface area contributed by atoms with Crippen LogP contribution < -0.4 is 5.73 Å². The normalized spacial score (nSPS) is 12.4. The maximum atomic E-state index is 10.1. The lowest BCUT2D eigenvalue weighted by molar-refractivity contribution is 0.461. The lowest BCUT2D eigenvalue weighted by atomic mass is 9.95. The first kappa shape index (κ1) is 11.7. The lowest BCUT2D eigenvalue weighted by Crippen LogP contribution is -2.12. The van der Waals surface area contributed by atoms with Crippen molar-refractivity contribution in [1.29, 1.82) is 0 Å². The number of hydrogen-bond acceptors (Lipinski definition) is 2. The van der Waals surface area contributed by atoms with Crippen molar-refractivity contribution in [1.82, 2.24) is 0 Å². The summed E-state index contributed by atoms with van der Waals surface area (Å²) in [6, 6.07) is 13.4. The lowest BCUT2D eigenvalue weighted by Gasteiger charge is -2.16. The molecular formula is C15H17NO. The molecule has 3 N–H and O–H groups in total. The molecule has 2 rings (SSSR count). The highest BCUT2D eigenvalue weighted by Crippen LogP contribution is 2.31. The first-order valence-corrected chi connectivity index (χ1v) is 5.70. The number of aromatic hydroxyl groups is 1. The SMILES string of the molecule is Cc1cc(C)c(O)c([C@H](N)c2ccccc2)c1. The van der Waals surface area contributed by atoms with Crippen molar-refractivity contribution < 1.29 is 5.11 Å². The molecule has 0 aliphatic rings. The number of hydrogen-bond donors (Lipinski definition) is 2. The molecule has 0 spiro atoms. The molecule has 0 fully saturated rings. The predicted molar refractivity (Wildman–Crippen MR) is 70.1 cm³/mol. The highest BCUT2D eigenvalue weighted by molar-refractivity contribution is 5.47. The summed E-state index contributed by atoms with van der Waals surface area (Å²) in [6.07, 6.45) is 0. The molecule has 0 amide bonds. The maximum absolute atomic E-state index is 10.1. The van der Waals surface area contributed by atoms with Crippen LogP contribution in [-0.4, -0.2) is 5.11 Å². The van der Waals surface area contributed by atoms with E-state index in [1.54, 1.807) is 0 Å². The van der Waals surface area contributed by atoms with Gasteiger partial charge in [0.1, 0.15) is 5.75 Å². The fourth-order valence-electron chi connectivity index (χ4n) is 2.07. The van der Waals surface area contributed by atoms with E-state index in [0.29, 0.717) is 5.75 Å². The summed E-state index contributed by atoms with van der Waals surface area (Å²) in [6.45, 7) is 3.90. The average Bonchev–Trinajstić information content (AvgIpc) is 2.34. The van der Waals surface area contributed by atoms with Crippen LogP contribution in [0.5, 0.6) is 5.75 Å². The van der Waals surface area contributed by atoms with Gasteiger partial charge in [-0.05, 0) is 25.0 Å². The van der Waals surface area contributed by atoms with Gasteiger partial charge >= 0.3 is 0 Å². The van der Waals surface area contributed by atoms with Crippen molar-refractivity contribution in [2.45, 2.75) is 19.9 Å². The van der Waals surface area contributed by atoms with Gasteiger partial charge in [0.15, 0.2) is 0 Å². The van der Waals surface area contributed by atoms with Crippen LogP contribution in [0.15, 0.2) is 42.5 Å². The highest BCUT2D eigenvalue weighted by atomic mass is 16.3. The molecule has 0 unspecified atom stereocenters. The zero-order chi connectivity index (χ0) is 12.4. The summed E-state index contributed by atoms with van der Waals surface area (Å²) in [7, 11) is 0. The van der Waals surface area contributed by atoms with Crippen molar-refractivity contribution in [3.05, 3.63) is 64.7 Å². The Morgan fingerprint density at radius 1 is 1.06 bits per heavy atom. The zero-order valence-electron chi connectivity index (χ0n) is 10.1. The maximum Gasteiger partial charge on any atom is 0.123 e. The van der Waals surface area contributed by atoms with Crippen LogP contribution in [0, 0.1) is 13.8 Å². The number of aryl methyl sites for hydroxylation is 2. The number of nitrogens with two attached hydrogens (primary N) is 1. The topological polar surface area (TPSA) is 46.2 Å². The van der Waals surface area contributed by atoms with E-state index in [1.807, 2.05) is 56.3 Å². The van der Waals surface area contributed by atoms with E-state index < -0.39 is 0 Å². The van der Waals surface area contributed by atoms with Gasteiger partial charge in [0.05, 0.1) is 6.04 Å². The Balaban J connectivity index is 2.48. The Morgan fingerprint density at radius 3 is 2.35 bits per heavy atom. The number of benzene rings is 2. The monoisotopic (exact) mass is 227 g/mol. The highest BCUT2D eigenvalue weighted by Gasteiger charge is 2.14. The molecule has 2 heteroatoms. The zero-order valence-corrected chi connectivity index (χ0v) is 10.1. The van der Waals surface area contributed by atoms with Crippen molar-refractivity contribution in [2.75, 3.05) is 0 Å². The van der Waals surface area contributed by atoms with E-state index in [-0.39, 0.29) is 6.04 Å². The Kier molecular flexibility index (Phi) is 3.16. The molecule has 0 saturated heterocycles. The minimum Gasteiger partial charge on any atom is -0.507 e. The Labute approximate surface area is 102 Å². The Bertz CT molecular complexity index is 520. The molecule has 2 aromatic rings. The van der Waals surface area contributed by atoms with Crippen LogP contribution in [0.25, 0.3) is 0 Å². The Morgan fingerprint density at radius 2 is 1.71 bits per heavy atom. The molecule has 0 aliphatic heterocycles. The third-order valence-electron chi connectivity index (χ3n) is 2.97. The van der Waals surface area contributed by atoms with Gasteiger partial charge in [0.2, 0.25) is 0 Å². The number of phenolic OH excluding ortho intramolecular Hbond substituents is 1. The van der Waals surface area contributed by atoms with Crippen LogP contribution in [0.1, 0.15) is 28.3 Å². The molecule has 0 radical (unpaired) electrons. The molecule has 17 heavy (non-hydrogen) atoms. The minimum atomic E-state index is -0.283. The molecule has 2 nitrogen and oxygen atoms in total. The fourth-order valence-corrected chi connectivity index (χ4v) is 2.07. The molecule has 2 aromatic carbocycles. The predicted octanol–water partition coefficient (Wildman–Crippen LogP) is 3.06. The summed E-state index contributed by atoms with van der Waals surface area (Å²) in [4.78, 5) is 0. The molecule has 0 heterocycles. The first-order chi connectivity index (χ1) is 8.09. The van der Waals surface area contributed by atoms with Gasteiger partial charge in [0, 0.05) is 5.56 Å². The van der Waals surface area contributed by atoms with Crippen molar-refractivity contribution in [3.8, 4) is 5.75 Å². The van der Waals surface area contributed by atoms with Gasteiger partial charge in [0.25, 0.3) is 0 Å². The third kappa shape index (κ3) is 2.32. The number of rotatable bonds is 2.